The minimum absolute atomic E-state index is 0.160. The van der Waals surface area contributed by atoms with Crippen molar-refractivity contribution in [3.63, 3.8) is 0 Å². The molecular weight excluding hydrogens is 284 g/mol. The molecular formula is C17H18OS2. The molecule has 2 unspecified atom stereocenters. The van der Waals surface area contributed by atoms with Gasteiger partial charge in [-0.05, 0) is 16.3 Å². The predicted octanol–water partition coefficient (Wildman–Crippen LogP) is 4.19. The zero-order valence-corrected chi connectivity index (χ0v) is 13.2. The maximum Gasteiger partial charge on any atom is 0.151 e. The first-order chi connectivity index (χ1) is 9.75. The fourth-order valence-corrected chi connectivity index (χ4v) is 5.46. The Morgan fingerprint density at radius 2 is 1.85 bits per heavy atom. The van der Waals surface area contributed by atoms with Crippen molar-refractivity contribution < 1.29 is 4.79 Å². The molecule has 1 saturated heterocycles. The van der Waals surface area contributed by atoms with Crippen LogP contribution in [0.2, 0.25) is 0 Å². The summed E-state index contributed by atoms with van der Waals surface area (Å²) in [6.45, 7) is 2.18. The number of carbonyl (C=O) groups excluding carboxylic acids is 1. The van der Waals surface area contributed by atoms with Crippen LogP contribution < -0.4 is 0 Å². The summed E-state index contributed by atoms with van der Waals surface area (Å²) in [6.07, 6.45) is 0.559. The van der Waals surface area contributed by atoms with E-state index < -0.39 is 0 Å². The largest absolute Gasteiger partial charge is 0.298 e. The van der Waals surface area contributed by atoms with E-state index in [1.54, 1.807) is 0 Å². The van der Waals surface area contributed by atoms with Crippen LogP contribution in [-0.4, -0.2) is 27.8 Å². The van der Waals surface area contributed by atoms with Crippen LogP contribution in [-0.2, 0) is 11.2 Å². The third-order valence-corrected chi connectivity index (χ3v) is 6.89. The molecule has 0 amide bonds. The molecule has 0 saturated carbocycles. The molecule has 1 fully saturated rings. The molecule has 0 aliphatic carbocycles. The lowest BCUT2D eigenvalue weighted by atomic mass is 9.99. The van der Waals surface area contributed by atoms with Crippen molar-refractivity contribution in [2.45, 2.75) is 23.8 Å². The minimum atomic E-state index is 0.160. The second-order valence-corrected chi connectivity index (χ2v) is 7.88. The first kappa shape index (κ1) is 14.0. The second-order valence-electron chi connectivity index (χ2n) is 5.15. The van der Waals surface area contributed by atoms with Gasteiger partial charge in [0.2, 0.25) is 0 Å². The summed E-state index contributed by atoms with van der Waals surface area (Å²) < 4.78 is 0. The molecule has 0 bridgehead atoms. The number of carbonyl (C=O) groups is 1. The maximum absolute atomic E-state index is 12.6. The van der Waals surface area contributed by atoms with E-state index in [1.165, 1.54) is 16.5 Å². The number of thioether (sulfide) groups is 2. The first-order valence-corrected chi connectivity index (χ1v) is 9.08. The van der Waals surface area contributed by atoms with Gasteiger partial charge < -0.3 is 0 Å². The maximum atomic E-state index is 12.6. The molecule has 1 heterocycles. The topological polar surface area (TPSA) is 17.1 Å². The van der Waals surface area contributed by atoms with Crippen molar-refractivity contribution in [3.8, 4) is 0 Å². The van der Waals surface area contributed by atoms with Crippen molar-refractivity contribution in [1.29, 1.82) is 0 Å². The zero-order chi connectivity index (χ0) is 13.9. The Morgan fingerprint density at radius 3 is 2.70 bits per heavy atom. The molecule has 3 rings (SSSR count). The van der Waals surface area contributed by atoms with E-state index in [2.05, 4.69) is 37.3 Å². The summed E-state index contributed by atoms with van der Waals surface area (Å²) in [7, 11) is 0. The summed E-state index contributed by atoms with van der Waals surface area (Å²) in [5.74, 6) is 2.65. The van der Waals surface area contributed by atoms with Crippen LogP contribution in [0.5, 0.6) is 0 Å². The van der Waals surface area contributed by atoms with E-state index in [9.17, 15) is 4.79 Å². The van der Waals surface area contributed by atoms with Crippen molar-refractivity contribution in [1.82, 2.24) is 0 Å². The van der Waals surface area contributed by atoms with Gasteiger partial charge in [-0.15, -0.1) is 11.8 Å². The van der Waals surface area contributed by atoms with Gasteiger partial charge >= 0.3 is 0 Å². The van der Waals surface area contributed by atoms with Gasteiger partial charge in [0.1, 0.15) is 0 Å². The molecule has 1 aliphatic heterocycles. The molecule has 1 nitrogen and oxygen atoms in total. The molecule has 2 aromatic rings. The van der Waals surface area contributed by atoms with Crippen LogP contribution in [0.1, 0.15) is 12.5 Å². The average molecular weight is 302 g/mol. The van der Waals surface area contributed by atoms with Gasteiger partial charge in [0, 0.05) is 23.2 Å². The van der Waals surface area contributed by atoms with E-state index in [0.29, 0.717) is 17.5 Å². The minimum Gasteiger partial charge on any atom is -0.298 e. The van der Waals surface area contributed by atoms with Gasteiger partial charge in [0.05, 0.1) is 5.25 Å². The lowest BCUT2D eigenvalue weighted by Crippen LogP contribution is -2.32. The number of fused-ring (bicyclic) bond motifs is 1. The highest BCUT2D eigenvalue weighted by Gasteiger charge is 2.28. The fraction of sp³-hybridized carbons (Fsp3) is 0.353. The average Bonchev–Trinajstić information content (AvgIpc) is 2.48. The van der Waals surface area contributed by atoms with Crippen molar-refractivity contribution in [3.05, 3.63) is 48.0 Å². The Morgan fingerprint density at radius 1 is 1.10 bits per heavy atom. The highest BCUT2D eigenvalue weighted by Crippen LogP contribution is 2.32. The van der Waals surface area contributed by atoms with Crippen molar-refractivity contribution >= 4 is 40.1 Å². The molecule has 0 radical (unpaired) electrons. The summed E-state index contributed by atoms with van der Waals surface area (Å²) in [6, 6.07) is 14.6. The Hall–Kier alpha value is -0.930. The van der Waals surface area contributed by atoms with Gasteiger partial charge in [0.25, 0.3) is 0 Å². The van der Waals surface area contributed by atoms with Crippen LogP contribution in [0.25, 0.3) is 10.8 Å². The third kappa shape index (κ3) is 2.89. The predicted molar refractivity (Wildman–Crippen MR) is 90.8 cm³/mol. The van der Waals surface area contributed by atoms with E-state index in [0.717, 1.165) is 11.3 Å². The summed E-state index contributed by atoms with van der Waals surface area (Å²) in [4.78, 5) is 12.6. The standard InChI is InChI=1S/C17H18OS2/c1-12-17(20-10-9-19-12)16(18)11-14-7-4-6-13-5-2-3-8-15(13)14/h2-8,12,17H,9-11H2,1H3. The van der Waals surface area contributed by atoms with Gasteiger partial charge in [-0.1, -0.05) is 49.4 Å². The first-order valence-electron chi connectivity index (χ1n) is 6.98. The van der Waals surface area contributed by atoms with Crippen LogP contribution in [0, 0.1) is 0 Å². The quantitative estimate of drug-likeness (QED) is 0.846. The number of hydrogen-bond acceptors (Lipinski definition) is 3. The molecule has 0 N–H and O–H groups in total. The zero-order valence-electron chi connectivity index (χ0n) is 11.5. The summed E-state index contributed by atoms with van der Waals surface area (Å²) >= 11 is 3.76. The second kappa shape index (κ2) is 6.23. The van der Waals surface area contributed by atoms with Gasteiger partial charge in [-0.2, -0.15) is 11.8 Å². The van der Waals surface area contributed by atoms with E-state index in [-0.39, 0.29) is 5.25 Å². The number of Topliss-reactive ketones (excluding diaryl/α,β-unsaturated/α-hetero) is 1. The normalized spacial score (nSPS) is 22.9. The monoisotopic (exact) mass is 302 g/mol. The lowest BCUT2D eigenvalue weighted by molar-refractivity contribution is -0.117. The van der Waals surface area contributed by atoms with E-state index in [1.807, 2.05) is 35.7 Å². The van der Waals surface area contributed by atoms with Crippen molar-refractivity contribution in [2.24, 2.45) is 0 Å². The van der Waals surface area contributed by atoms with Crippen LogP contribution in [0.15, 0.2) is 42.5 Å². The van der Waals surface area contributed by atoms with Crippen LogP contribution >= 0.6 is 23.5 Å². The fourth-order valence-electron chi connectivity index (χ4n) is 2.72. The smallest absolute Gasteiger partial charge is 0.151 e. The Kier molecular flexibility index (Phi) is 4.37. The molecule has 2 atom stereocenters. The lowest BCUT2D eigenvalue weighted by Gasteiger charge is -2.26. The van der Waals surface area contributed by atoms with E-state index >= 15 is 0 Å². The molecule has 2 aromatic carbocycles. The van der Waals surface area contributed by atoms with Gasteiger partial charge in [-0.25, -0.2) is 0 Å². The molecule has 1 aliphatic rings. The van der Waals surface area contributed by atoms with Gasteiger partial charge in [-0.3, -0.25) is 4.79 Å². The highest BCUT2D eigenvalue weighted by atomic mass is 32.2. The number of rotatable bonds is 3. The van der Waals surface area contributed by atoms with Crippen LogP contribution in [0.3, 0.4) is 0 Å². The number of ketones is 1. The molecule has 3 heteroatoms. The van der Waals surface area contributed by atoms with E-state index in [4.69, 9.17) is 0 Å². The van der Waals surface area contributed by atoms with Crippen molar-refractivity contribution in [2.75, 3.05) is 11.5 Å². The number of hydrogen-bond donors (Lipinski definition) is 0. The SMILES string of the molecule is CC1SCCSC1C(=O)Cc1cccc2ccccc12. The van der Waals surface area contributed by atoms with Gasteiger partial charge in [0.15, 0.2) is 5.78 Å². The Bertz CT molecular complexity index is 618. The van der Waals surface area contributed by atoms with Crippen LogP contribution in [0.4, 0.5) is 0 Å². The molecule has 0 aromatic heterocycles. The Balaban J connectivity index is 1.84. The molecule has 104 valence electrons. The molecule has 0 spiro atoms. The Labute approximate surface area is 128 Å². The number of benzene rings is 2. The third-order valence-electron chi connectivity index (χ3n) is 3.75. The summed E-state index contributed by atoms with van der Waals surface area (Å²) in [5.41, 5.74) is 1.16. The molecule has 20 heavy (non-hydrogen) atoms. The summed E-state index contributed by atoms with van der Waals surface area (Å²) in [5, 5.41) is 3.03. The highest BCUT2D eigenvalue weighted by molar-refractivity contribution is 8.07.